The zero-order valence-corrected chi connectivity index (χ0v) is 10.6. The molecule has 0 amide bonds. The van der Waals surface area contributed by atoms with Crippen LogP contribution in [0.25, 0.3) is 0 Å². The zero-order chi connectivity index (χ0) is 10.7. The Kier molecular flexibility index (Phi) is 3.78. The number of rotatable bonds is 3. The number of hydrogen-bond donors (Lipinski definition) is 1. The number of nitrogens with zero attached hydrogens (tertiary/aromatic N) is 1. The Labute approximate surface area is 99.8 Å². The molecule has 0 aromatic heterocycles. The van der Waals surface area contributed by atoms with Crippen molar-refractivity contribution < 1.29 is 0 Å². The van der Waals surface area contributed by atoms with E-state index in [1.807, 2.05) is 0 Å². The van der Waals surface area contributed by atoms with Crippen molar-refractivity contribution in [3.63, 3.8) is 0 Å². The highest BCUT2D eigenvalue weighted by molar-refractivity contribution is 9.10. The lowest BCUT2D eigenvalue weighted by molar-refractivity contribution is 0.397. The van der Waals surface area contributed by atoms with Gasteiger partial charge in [-0.2, -0.15) is 0 Å². The van der Waals surface area contributed by atoms with Gasteiger partial charge in [-0.05, 0) is 37.7 Å². The molecule has 1 aromatic rings. The number of likely N-dealkylation sites (N-methyl/N-ethyl adjacent to an activating group) is 1. The van der Waals surface area contributed by atoms with E-state index < -0.39 is 0 Å². The standard InChI is InChI=1S/C12H17BrN2/c1-15-7-6-12(9-15)14-8-10-2-4-11(13)5-3-10/h2-5,12,14H,6-9H2,1H3. The van der Waals surface area contributed by atoms with E-state index in [9.17, 15) is 0 Å². The van der Waals surface area contributed by atoms with Gasteiger partial charge in [-0.1, -0.05) is 28.1 Å². The van der Waals surface area contributed by atoms with Crippen LogP contribution in [-0.2, 0) is 6.54 Å². The molecule has 82 valence electrons. The summed E-state index contributed by atoms with van der Waals surface area (Å²) in [6, 6.07) is 9.18. The summed E-state index contributed by atoms with van der Waals surface area (Å²) >= 11 is 3.44. The van der Waals surface area contributed by atoms with E-state index in [0.29, 0.717) is 6.04 Å². The maximum Gasteiger partial charge on any atom is 0.0210 e. The van der Waals surface area contributed by atoms with Crippen LogP contribution in [0, 0.1) is 0 Å². The van der Waals surface area contributed by atoms with Crippen LogP contribution in [0.15, 0.2) is 28.7 Å². The SMILES string of the molecule is CN1CCC(NCc2ccc(Br)cc2)C1. The van der Waals surface area contributed by atoms with E-state index in [1.54, 1.807) is 0 Å². The fraction of sp³-hybridized carbons (Fsp3) is 0.500. The lowest BCUT2D eigenvalue weighted by Crippen LogP contribution is -2.30. The number of nitrogens with one attached hydrogen (secondary N) is 1. The smallest absolute Gasteiger partial charge is 0.0210 e. The third-order valence-electron chi connectivity index (χ3n) is 2.90. The zero-order valence-electron chi connectivity index (χ0n) is 9.04. The first-order valence-corrected chi connectivity index (χ1v) is 6.20. The molecule has 0 spiro atoms. The minimum atomic E-state index is 0.665. The predicted octanol–water partition coefficient (Wildman–Crippen LogP) is 2.24. The molecule has 1 aromatic carbocycles. The topological polar surface area (TPSA) is 15.3 Å². The molecule has 2 rings (SSSR count). The van der Waals surface area contributed by atoms with E-state index in [0.717, 1.165) is 11.0 Å². The van der Waals surface area contributed by atoms with Gasteiger partial charge < -0.3 is 10.2 Å². The first kappa shape index (κ1) is 11.1. The molecule has 0 bridgehead atoms. The first-order chi connectivity index (χ1) is 7.24. The van der Waals surface area contributed by atoms with E-state index >= 15 is 0 Å². The average molecular weight is 269 g/mol. The Morgan fingerprint density at radius 2 is 2.13 bits per heavy atom. The van der Waals surface area contributed by atoms with Gasteiger partial charge in [0.25, 0.3) is 0 Å². The Bertz CT molecular complexity index is 310. The van der Waals surface area contributed by atoms with Gasteiger partial charge in [-0.25, -0.2) is 0 Å². The summed E-state index contributed by atoms with van der Waals surface area (Å²) in [6.07, 6.45) is 1.27. The Hall–Kier alpha value is -0.380. The third-order valence-corrected chi connectivity index (χ3v) is 3.43. The van der Waals surface area contributed by atoms with Crippen molar-refractivity contribution >= 4 is 15.9 Å². The molecule has 2 nitrogen and oxygen atoms in total. The highest BCUT2D eigenvalue weighted by Gasteiger charge is 2.18. The molecule has 0 aliphatic carbocycles. The predicted molar refractivity (Wildman–Crippen MR) is 66.9 cm³/mol. The van der Waals surface area contributed by atoms with Crippen molar-refractivity contribution in [2.75, 3.05) is 20.1 Å². The number of benzene rings is 1. The van der Waals surface area contributed by atoms with E-state index in [1.165, 1.54) is 25.1 Å². The minimum absolute atomic E-state index is 0.665. The van der Waals surface area contributed by atoms with Crippen LogP contribution in [-0.4, -0.2) is 31.1 Å². The van der Waals surface area contributed by atoms with Gasteiger partial charge in [-0.15, -0.1) is 0 Å². The molecule has 1 aliphatic heterocycles. The molecule has 1 heterocycles. The van der Waals surface area contributed by atoms with Crippen LogP contribution in [0.3, 0.4) is 0 Å². The lowest BCUT2D eigenvalue weighted by Gasteiger charge is -2.12. The van der Waals surface area contributed by atoms with E-state index in [4.69, 9.17) is 0 Å². The number of hydrogen-bond acceptors (Lipinski definition) is 2. The summed E-state index contributed by atoms with van der Waals surface area (Å²) in [7, 11) is 2.18. The monoisotopic (exact) mass is 268 g/mol. The number of likely N-dealkylation sites (tertiary alicyclic amines) is 1. The van der Waals surface area contributed by atoms with Gasteiger partial charge in [0, 0.05) is 23.6 Å². The van der Waals surface area contributed by atoms with Gasteiger partial charge in [0.2, 0.25) is 0 Å². The molecule has 1 N–H and O–H groups in total. The van der Waals surface area contributed by atoms with Crippen LogP contribution >= 0.6 is 15.9 Å². The van der Waals surface area contributed by atoms with Crippen LogP contribution in [0.4, 0.5) is 0 Å². The molecular formula is C12H17BrN2. The molecule has 0 saturated carbocycles. The van der Waals surface area contributed by atoms with Crippen LogP contribution in [0.2, 0.25) is 0 Å². The lowest BCUT2D eigenvalue weighted by atomic mass is 10.2. The summed E-state index contributed by atoms with van der Waals surface area (Å²) < 4.78 is 1.15. The van der Waals surface area contributed by atoms with E-state index in [2.05, 4.69) is 57.5 Å². The van der Waals surface area contributed by atoms with Crippen LogP contribution < -0.4 is 5.32 Å². The minimum Gasteiger partial charge on any atom is -0.309 e. The summed E-state index contributed by atoms with van der Waals surface area (Å²) in [5, 5.41) is 3.59. The maximum atomic E-state index is 3.59. The van der Waals surface area contributed by atoms with Gasteiger partial charge in [0.05, 0.1) is 0 Å². The van der Waals surface area contributed by atoms with Crippen molar-refractivity contribution in [1.29, 1.82) is 0 Å². The van der Waals surface area contributed by atoms with Gasteiger partial charge in [-0.3, -0.25) is 0 Å². The van der Waals surface area contributed by atoms with Crippen molar-refractivity contribution in [2.45, 2.75) is 19.0 Å². The third kappa shape index (κ3) is 3.30. The quantitative estimate of drug-likeness (QED) is 0.905. The molecule has 1 aliphatic rings. The second-order valence-electron chi connectivity index (χ2n) is 4.26. The normalized spacial score (nSPS) is 22.1. The summed E-state index contributed by atoms with van der Waals surface area (Å²) in [4.78, 5) is 2.37. The molecule has 1 fully saturated rings. The highest BCUT2D eigenvalue weighted by atomic mass is 79.9. The van der Waals surface area contributed by atoms with Crippen molar-refractivity contribution in [1.82, 2.24) is 10.2 Å². The molecule has 3 heteroatoms. The summed E-state index contributed by atoms with van der Waals surface area (Å²) in [6.45, 7) is 3.38. The Balaban J connectivity index is 1.80. The van der Waals surface area contributed by atoms with E-state index in [-0.39, 0.29) is 0 Å². The average Bonchev–Trinajstić information content (AvgIpc) is 2.64. The first-order valence-electron chi connectivity index (χ1n) is 5.40. The summed E-state index contributed by atoms with van der Waals surface area (Å²) in [5.41, 5.74) is 1.35. The molecule has 1 atom stereocenters. The largest absolute Gasteiger partial charge is 0.309 e. The Morgan fingerprint density at radius 3 is 2.73 bits per heavy atom. The maximum absolute atomic E-state index is 3.59. The molecule has 1 unspecified atom stereocenters. The van der Waals surface area contributed by atoms with Crippen LogP contribution in [0.1, 0.15) is 12.0 Å². The molecular weight excluding hydrogens is 252 g/mol. The molecule has 0 radical (unpaired) electrons. The van der Waals surface area contributed by atoms with Crippen LogP contribution in [0.5, 0.6) is 0 Å². The second-order valence-corrected chi connectivity index (χ2v) is 5.17. The van der Waals surface area contributed by atoms with Crippen molar-refractivity contribution in [3.8, 4) is 0 Å². The fourth-order valence-corrected chi connectivity index (χ4v) is 2.23. The summed E-state index contributed by atoms with van der Waals surface area (Å²) in [5.74, 6) is 0. The second kappa shape index (κ2) is 5.10. The van der Waals surface area contributed by atoms with Gasteiger partial charge in [0.1, 0.15) is 0 Å². The number of halogens is 1. The fourth-order valence-electron chi connectivity index (χ4n) is 1.97. The Morgan fingerprint density at radius 1 is 1.40 bits per heavy atom. The van der Waals surface area contributed by atoms with Gasteiger partial charge >= 0.3 is 0 Å². The van der Waals surface area contributed by atoms with Crippen molar-refractivity contribution in [2.24, 2.45) is 0 Å². The molecule has 15 heavy (non-hydrogen) atoms. The van der Waals surface area contributed by atoms with Crippen molar-refractivity contribution in [3.05, 3.63) is 34.3 Å². The highest BCUT2D eigenvalue weighted by Crippen LogP contribution is 2.11. The molecule has 1 saturated heterocycles. The van der Waals surface area contributed by atoms with Gasteiger partial charge in [0.15, 0.2) is 0 Å².